The van der Waals surface area contributed by atoms with Crippen molar-refractivity contribution in [3.63, 3.8) is 0 Å². The lowest BCUT2D eigenvalue weighted by Crippen LogP contribution is -2.10. The first-order chi connectivity index (χ1) is 8.08. The van der Waals surface area contributed by atoms with E-state index in [4.69, 9.17) is 0 Å². The second-order valence-corrected chi connectivity index (χ2v) is 7.94. The molecule has 0 amide bonds. The molecule has 1 aromatic carbocycles. The Labute approximate surface area is 116 Å². The van der Waals surface area contributed by atoms with Crippen LogP contribution in [0.2, 0.25) is 0 Å². The monoisotopic (exact) mass is 363 g/mol. The molecule has 0 aromatic heterocycles. The SMILES string of the molecule is O=S1(=O)CCc2cc3c(cc21)CCCCN3I. The second kappa shape index (κ2) is 4.12. The number of rotatable bonds is 0. The van der Waals surface area contributed by atoms with Gasteiger partial charge in [0.15, 0.2) is 9.84 Å². The van der Waals surface area contributed by atoms with Gasteiger partial charge in [0.05, 0.1) is 33.5 Å². The van der Waals surface area contributed by atoms with Gasteiger partial charge in [-0.25, -0.2) is 8.42 Å². The molecule has 0 atom stereocenters. The maximum Gasteiger partial charge on any atom is 0.178 e. The van der Waals surface area contributed by atoms with Crippen LogP contribution in [0.3, 0.4) is 0 Å². The molecule has 2 aliphatic heterocycles. The van der Waals surface area contributed by atoms with Gasteiger partial charge in [-0.3, -0.25) is 0 Å². The van der Waals surface area contributed by atoms with Crippen molar-refractivity contribution in [1.82, 2.24) is 0 Å². The minimum absolute atomic E-state index is 0.284. The average molecular weight is 363 g/mol. The highest BCUT2D eigenvalue weighted by Gasteiger charge is 2.28. The summed E-state index contributed by atoms with van der Waals surface area (Å²) in [5, 5.41) is 0. The molecule has 3 nitrogen and oxygen atoms in total. The summed E-state index contributed by atoms with van der Waals surface area (Å²) in [7, 11) is -2.99. The van der Waals surface area contributed by atoms with Crippen molar-refractivity contribution in [3.05, 3.63) is 23.3 Å². The Hall–Kier alpha value is -0.300. The van der Waals surface area contributed by atoms with E-state index in [-0.39, 0.29) is 5.75 Å². The Kier molecular flexibility index (Phi) is 2.85. The molecule has 92 valence electrons. The van der Waals surface area contributed by atoms with E-state index >= 15 is 0 Å². The van der Waals surface area contributed by atoms with Crippen molar-refractivity contribution in [2.75, 3.05) is 15.4 Å². The lowest BCUT2D eigenvalue weighted by molar-refractivity contribution is 0.600. The van der Waals surface area contributed by atoms with E-state index in [0.29, 0.717) is 11.3 Å². The van der Waals surface area contributed by atoms with Crippen molar-refractivity contribution in [2.24, 2.45) is 0 Å². The Bertz CT molecular complexity index is 568. The summed E-state index contributed by atoms with van der Waals surface area (Å²) < 4.78 is 26.0. The van der Waals surface area contributed by atoms with Gasteiger partial charge in [-0.15, -0.1) is 0 Å². The van der Waals surface area contributed by atoms with Crippen LogP contribution < -0.4 is 3.11 Å². The molecule has 1 aromatic rings. The molecular formula is C12H14INO2S. The van der Waals surface area contributed by atoms with Crippen LogP contribution in [0.25, 0.3) is 0 Å². The molecule has 0 saturated heterocycles. The van der Waals surface area contributed by atoms with Gasteiger partial charge in [0.2, 0.25) is 0 Å². The van der Waals surface area contributed by atoms with Crippen LogP contribution in [0.5, 0.6) is 0 Å². The van der Waals surface area contributed by atoms with Crippen LogP contribution >= 0.6 is 22.9 Å². The van der Waals surface area contributed by atoms with Crippen molar-refractivity contribution >= 4 is 38.4 Å². The summed E-state index contributed by atoms with van der Waals surface area (Å²) in [6.07, 6.45) is 3.99. The number of aryl methyl sites for hydroxylation is 2. The third kappa shape index (κ3) is 1.97. The predicted octanol–water partition coefficient (Wildman–Crippen LogP) is 2.51. The van der Waals surface area contributed by atoms with Gasteiger partial charge in [-0.2, -0.15) is 0 Å². The molecule has 0 aliphatic carbocycles. The number of anilines is 1. The number of hydrogen-bond acceptors (Lipinski definition) is 3. The molecule has 17 heavy (non-hydrogen) atoms. The fourth-order valence-corrected chi connectivity index (χ4v) is 4.99. The van der Waals surface area contributed by atoms with Gasteiger partial charge in [-0.1, -0.05) is 0 Å². The molecular weight excluding hydrogens is 349 g/mol. The first-order valence-corrected chi connectivity index (χ1v) is 8.51. The number of fused-ring (bicyclic) bond motifs is 2. The van der Waals surface area contributed by atoms with E-state index < -0.39 is 9.84 Å². The molecule has 5 heteroatoms. The van der Waals surface area contributed by atoms with Crippen LogP contribution in [-0.4, -0.2) is 20.7 Å². The fourth-order valence-electron chi connectivity index (χ4n) is 2.61. The van der Waals surface area contributed by atoms with Gasteiger partial charge in [0, 0.05) is 12.2 Å². The molecule has 0 saturated carbocycles. The van der Waals surface area contributed by atoms with Crippen molar-refractivity contribution < 1.29 is 8.42 Å². The average Bonchev–Trinajstić information content (AvgIpc) is 2.47. The van der Waals surface area contributed by atoms with Gasteiger partial charge in [-0.05, 0) is 48.9 Å². The third-order valence-corrected chi connectivity index (χ3v) is 6.34. The smallest absolute Gasteiger partial charge is 0.178 e. The van der Waals surface area contributed by atoms with E-state index in [1.165, 1.54) is 17.7 Å². The Morgan fingerprint density at radius 2 is 1.94 bits per heavy atom. The number of sulfone groups is 1. The van der Waals surface area contributed by atoms with Crippen LogP contribution in [0, 0.1) is 0 Å². The quantitative estimate of drug-likeness (QED) is 0.525. The summed E-state index contributed by atoms with van der Waals surface area (Å²) in [5.41, 5.74) is 3.42. The van der Waals surface area contributed by atoms with E-state index in [2.05, 4.69) is 32.0 Å². The maximum absolute atomic E-state index is 11.9. The normalized spacial score (nSPS) is 21.8. The predicted molar refractivity (Wildman–Crippen MR) is 76.5 cm³/mol. The summed E-state index contributed by atoms with van der Waals surface area (Å²) in [6.45, 7) is 1.05. The molecule has 2 heterocycles. The first kappa shape index (κ1) is 11.8. The number of hydrogen-bond donors (Lipinski definition) is 0. The summed E-state index contributed by atoms with van der Waals surface area (Å²) in [5.74, 6) is 0.284. The zero-order chi connectivity index (χ0) is 12.0. The lowest BCUT2D eigenvalue weighted by Gasteiger charge is -2.17. The van der Waals surface area contributed by atoms with E-state index in [1.54, 1.807) is 0 Å². The van der Waals surface area contributed by atoms with Crippen LogP contribution in [0.4, 0.5) is 5.69 Å². The minimum Gasteiger partial charge on any atom is -0.315 e. The molecule has 0 spiro atoms. The number of benzene rings is 1. The van der Waals surface area contributed by atoms with Crippen molar-refractivity contribution in [2.45, 2.75) is 30.6 Å². The van der Waals surface area contributed by atoms with Crippen LogP contribution in [0.15, 0.2) is 17.0 Å². The van der Waals surface area contributed by atoms with Gasteiger partial charge >= 0.3 is 0 Å². The molecule has 0 fully saturated rings. The molecule has 0 N–H and O–H groups in total. The van der Waals surface area contributed by atoms with E-state index in [0.717, 1.165) is 24.9 Å². The van der Waals surface area contributed by atoms with Gasteiger partial charge in [0.1, 0.15) is 0 Å². The van der Waals surface area contributed by atoms with Gasteiger partial charge < -0.3 is 3.11 Å². The maximum atomic E-state index is 11.9. The largest absolute Gasteiger partial charge is 0.315 e. The molecule has 2 aliphatic rings. The zero-order valence-corrected chi connectivity index (χ0v) is 12.4. The standard InChI is InChI=1S/C12H14INO2S/c13-14-5-2-1-3-9-8-12-10(7-11(9)14)4-6-17(12,15)16/h7-8H,1-6H2. The molecule has 3 rings (SSSR count). The minimum atomic E-state index is -2.99. The molecule has 0 bridgehead atoms. The molecule has 0 unspecified atom stereocenters. The Morgan fingerprint density at radius 3 is 2.76 bits per heavy atom. The highest BCUT2D eigenvalue weighted by molar-refractivity contribution is 14.1. The topological polar surface area (TPSA) is 37.4 Å². The van der Waals surface area contributed by atoms with Crippen LogP contribution in [0.1, 0.15) is 24.0 Å². The highest BCUT2D eigenvalue weighted by atomic mass is 127. The van der Waals surface area contributed by atoms with Crippen LogP contribution in [-0.2, 0) is 22.7 Å². The van der Waals surface area contributed by atoms with E-state index in [1.807, 2.05) is 6.07 Å². The fraction of sp³-hybridized carbons (Fsp3) is 0.500. The number of halogens is 1. The van der Waals surface area contributed by atoms with Crippen molar-refractivity contribution in [1.29, 1.82) is 0 Å². The van der Waals surface area contributed by atoms with Gasteiger partial charge in [0.25, 0.3) is 0 Å². The third-order valence-electron chi connectivity index (χ3n) is 3.55. The first-order valence-electron chi connectivity index (χ1n) is 5.90. The summed E-state index contributed by atoms with van der Waals surface area (Å²) in [6, 6.07) is 4.01. The zero-order valence-electron chi connectivity index (χ0n) is 9.45. The summed E-state index contributed by atoms with van der Waals surface area (Å²) in [4.78, 5) is 0.586. The Morgan fingerprint density at radius 1 is 1.12 bits per heavy atom. The highest BCUT2D eigenvalue weighted by Crippen LogP contribution is 2.36. The Balaban J connectivity index is 2.19. The summed E-state index contributed by atoms with van der Waals surface area (Å²) >= 11 is 2.33. The van der Waals surface area contributed by atoms with Crippen molar-refractivity contribution in [3.8, 4) is 0 Å². The lowest BCUT2D eigenvalue weighted by atomic mass is 10.0. The second-order valence-electron chi connectivity index (χ2n) is 4.70. The van der Waals surface area contributed by atoms with E-state index in [9.17, 15) is 8.42 Å². The molecule has 0 radical (unpaired) electrons. The number of nitrogens with zero attached hydrogens (tertiary/aromatic N) is 1.